The molecule has 7 aromatic carbocycles. The van der Waals surface area contributed by atoms with E-state index in [1.54, 1.807) is 5.56 Å². The number of nitrogens with zero attached hydrogens (tertiary/aromatic N) is 3. The van der Waals surface area contributed by atoms with Gasteiger partial charge in [-0.3, -0.25) is 0 Å². The predicted octanol–water partition coefficient (Wildman–Crippen LogP) is 14.7. The summed E-state index contributed by atoms with van der Waals surface area (Å²) in [4.78, 5) is 7.98. The summed E-state index contributed by atoms with van der Waals surface area (Å²) in [6.07, 6.45) is 4.96. The molecule has 3 aliphatic heterocycles. The van der Waals surface area contributed by atoms with Crippen LogP contribution in [0.15, 0.2) is 140 Å². The fourth-order valence-electron chi connectivity index (χ4n) is 13.3. The molecule has 2 aliphatic carbocycles. The highest BCUT2D eigenvalue weighted by atomic mass is 15.3. The molecular weight excluding hydrogens is 798 g/mol. The minimum absolute atomic E-state index is 0.0138. The van der Waals surface area contributed by atoms with E-state index in [1.807, 2.05) is 0 Å². The van der Waals surface area contributed by atoms with Crippen LogP contribution in [0.3, 0.4) is 0 Å². The number of benzene rings is 7. The summed E-state index contributed by atoms with van der Waals surface area (Å²) in [5.41, 5.74) is 25.4. The van der Waals surface area contributed by atoms with Crippen LogP contribution in [0.2, 0.25) is 0 Å². The van der Waals surface area contributed by atoms with Crippen molar-refractivity contribution in [3.63, 3.8) is 0 Å². The fourth-order valence-corrected chi connectivity index (χ4v) is 13.3. The van der Waals surface area contributed by atoms with Crippen LogP contribution in [0, 0.1) is 6.92 Å². The van der Waals surface area contributed by atoms with Gasteiger partial charge < -0.3 is 14.7 Å². The lowest BCUT2D eigenvalue weighted by Crippen LogP contribution is -2.64. The molecule has 3 heterocycles. The molecule has 0 N–H and O–H groups in total. The van der Waals surface area contributed by atoms with Gasteiger partial charge in [0.25, 0.3) is 6.71 Å². The Kier molecular flexibility index (Phi) is 8.65. The number of aryl methyl sites for hydroxylation is 1. The smallest absolute Gasteiger partial charge is 0.252 e. The largest absolute Gasteiger partial charge is 0.335 e. The standard InChI is InChI=1S/C62H64BN3/c1-39-35-54-56-55(36-39)66-57-49(61(10)33-14-15-34-62(61,66)11)19-16-20-52(57)63(56)51-32-30-45(38-53(51)65(54)44-29-31-47-46-17-12-13-18-48(46)60(8,9)50(47)37-44)64(42-25-21-40(22-26-42)58(2,3)4)43-27-23-41(24-28-43)59(5,6)7/h12-13,16-32,35-38H,14-15,33-34H2,1-11H3. The third-order valence-corrected chi connectivity index (χ3v) is 17.2. The second-order valence-corrected chi connectivity index (χ2v) is 23.4. The lowest BCUT2D eigenvalue weighted by Gasteiger charge is -2.53. The van der Waals surface area contributed by atoms with Gasteiger partial charge >= 0.3 is 0 Å². The molecule has 0 saturated heterocycles. The fraction of sp³-hybridized carbons (Fsp3) is 0.323. The van der Waals surface area contributed by atoms with E-state index in [2.05, 4.69) is 230 Å². The second-order valence-electron chi connectivity index (χ2n) is 23.4. The Labute approximate surface area is 394 Å². The molecule has 7 aromatic rings. The summed E-state index contributed by atoms with van der Waals surface area (Å²) >= 11 is 0. The van der Waals surface area contributed by atoms with Crippen LogP contribution >= 0.6 is 0 Å². The summed E-state index contributed by atoms with van der Waals surface area (Å²) < 4.78 is 0. The van der Waals surface area contributed by atoms with Crippen LogP contribution in [0.5, 0.6) is 0 Å². The molecule has 66 heavy (non-hydrogen) atoms. The van der Waals surface area contributed by atoms with Gasteiger partial charge in [-0.2, -0.15) is 0 Å². The molecule has 0 aromatic heterocycles. The van der Waals surface area contributed by atoms with Gasteiger partial charge in [-0.15, -0.1) is 0 Å². The van der Waals surface area contributed by atoms with Gasteiger partial charge in [0.1, 0.15) is 0 Å². The van der Waals surface area contributed by atoms with Gasteiger partial charge in [0, 0.05) is 56.3 Å². The Balaban J connectivity index is 1.13. The van der Waals surface area contributed by atoms with Crippen molar-refractivity contribution in [1.29, 1.82) is 0 Å². The first kappa shape index (κ1) is 41.4. The van der Waals surface area contributed by atoms with Gasteiger partial charge in [0.2, 0.25) is 0 Å². The number of para-hydroxylation sites is 1. The highest BCUT2D eigenvalue weighted by Gasteiger charge is 2.61. The zero-order chi connectivity index (χ0) is 45.9. The molecule has 1 saturated carbocycles. The topological polar surface area (TPSA) is 9.72 Å². The van der Waals surface area contributed by atoms with Gasteiger partial charge in [0.05, 0.1) is 5.54 Å². The molecule has 2 atom stereocenters. The normalized spacial score (nSPS) is 20.6. The number of anilines is 8. The summed E-state index contributed by atoms with van der Waals surface area (Å²) in [5, 5.41) is 0. The molecule has 0 bridgehead atoms. The van der Waals surface area contributed by atoms with Gasteiger partial charge in [-0.05, 0) is 159 Å². The summed E-state index contributed by atoms with van der Waals surface area (Å²) in [7, 11) is 0. The highest BCUT2D eigenvalue weighted by Crippen LogP contribution is 2.62. The number of fused-ring (bicyclic) bond motifs is 10. The van der Waals surface area contributed by atoms with Crippen LogP contribution in [0.1, 0.15) is 128 Å². The average Bonchev–Trinajstić information content (AvgIpc) is 3.65. The molecule has 2 unspecified atom stereocenters. The zero-order valence-electron chi connectivity index (χ0n) is 41.0. The highest BCUT2D eigenvalue weighted by molar-refractivity contribution is 7.00. The molecule has 3 nitrogen and oxygen atoms in total. The van der Waals surface area contributed by atoms with Crippen LogP contribution in [-0.2, 0) is 21.7 Å². The second kappa shape index (κ2) is 13.8. The van der Waals surface area contributed by atoms with Crippen molar-refractivity contribution in [1.82, 2.24) is 0 Å². The van der Waals surface area contributed by atoms with Crippen molar-refractivity contribution in [2.24, 2.45) is 0 Å². The molecule has 330 valence electrons. The van der Waals surface area contributed by atoms with Crippen molar-refractivity contribution in [3.05, 3.63) is 173 Å². The number of rotatable bonds is 4. The monoisotopic (exact) mass is 862 g/mol. The molecule has 5 aliphatic rings. The maximum Gasteiger partial charge on any atom is 0.252 e. The molecular formula is C62H64BN3. The Hall–Kier alpha value is -6.00. The SMILES string of the molecule is Cc1cc2c3c(c1)N1c4c(cccc4C4(C)CCCCC14C)B3c1ccc(N(c3ccc(C(C)(C)C)cc3)c3ccc(C(C)(C)C)cc3)cc1N2c1ccc2c(c1)C(C)(C)c1ccccc1-2. The minimum Gasteiger partial charge on any atom is -0.335 e. The van der Waals surface area contributed by atoms with Gasteiger partial charge in [0.15, 0.2) is 0 Å². The van der Waals surface area contributed by atoms with E-state index in [0.717, 1.165) is 17.1 Å². The van der Waals surface area contributed by atoms with Crippen molar-refractivity contribution >= 4 is 68.6 Å². The first-order chi connectivity index (χ1) is 31.4. The maximum atomic E-state index is 2.85. The molecule has 0 amide bonds. The van der Waals surface area contributed by atoms with Crippen molar-refractivity contribution in [2.75, 3.05) is 14.7 Å². The minimum atomic E-state index is -0.128. The Bertz CT molecular complexity index is 3090. The molecule has 4 heteroatoms. The average molecular weight is 862 g/mol. The first-order valence-electron chi connectivity index (χ1n) is 24.7. The molecule has 0 radical (unpaired) electrons. The Morgan fingerprint density at radius 1 is 0.530 bits per heavy atom. The predicted molar refractivity (Wildman–Crippen MR) is 283 cm³/mol. The van der Waals surface area contributed by atoms with E-state index in [0.29, 0.717) is 0 Å². The number of hydrogen-bond acceptors (Lipinski definition) is 3. The van der Waals surface area contributed by atoms with Crippen molar-refractivity contribution in [3.8, 4) is 11.1 Å². The van der Waals surface area contributed by atoms with E-state index in [-0.39, 0.29) is 33.9 Å². The Morgan fingerprint density at radius 2 is 1.14 bits per heavy atom. The van der Waals surface area contributed by atoms with Crippen LogP contribution in [0.4, 0.5) is 45.5 Å². The van der Waals surface area contributed by atoms with E-state index >= 15 is 0 Å². The van der Waals surface area contributed by atoms with E-state index in [1.165, 1.54) is 109 Å². The van der Waals surface area contributed by atoms with Crippen molar-refractivity contribution < 1.29 is 0 Å². The zero-order valence-corrected chi connectivity index (χ0v) is 41.0. The molecule has 1 fully saturated rings. The summed E-state index contributed by atoms with van der Waals surface area (Å²) in [5.74, 6) is 0. The van der Waals surface area contributed by atoms with Crippen LogP contribution in [-0.4, -0.2) is 12.3 Å². The lowest BCUT2D eigenvalue weighted by molar-refractivity contribution is 0.195. The van der Waals surface area contributed by atoms with Crippen LogP contribution < -0.4 is 31.1 Å². The van der Waals surface area contributed by atoms with Gasteiger partial charge in [-0.1, -0.05) is 154 Å². The maximum absolute atomic E-state index is 2.85. The van der Waals surface area contributed by atoms with E-state index < -0.39 is 0 Å². The van der Waals surface area contributed by atoms with Gasteiger partial charge in [-0.25, -0.2) is 0 Å². The number of hydrogen-bond donors (Lipinski definition) is 0. The molecule has 12 rings (SSSR count). The van der Waals surface area contributed by atoms with E-state index in [9.17, 15) is 0 Å². The van der Waals surface area contributed by atoms with Crippen molar-refractivity contribution in [2.45, 2.75) is 129 Å². The summed E-state index contributed by atoms with van der Waals surface area (Å²) in [6.45, 7) is 26.2. The molecule has 0 spiro atoms. The van der Waals surface area contributed by atoms with E-state index in [4.69, 9.17) is 0 Å². The van der Waals surface area contributed by atoms with Crippen LogP contribution in [0.25, 0.3) is 11.1 Å². The first-order valence-corrected chi connectivity index (χ1v) is 24.7. The quantitative estimate of drug-likeness (QED) is 0.163. The third kappa shape index (κ3) is 5.63. The lowest BCUT2D eigenvalue weighted by atomic mass is 9.33. The summed E-state index contributed by atoms with van der Waals surface area (Å²) in [6, 6.07) is 54.7. The Morgan fingerprint density at radius 3 is 1.82 bits per heavy atom. The third-order valence-electron chi connectivity index (χ3n) is 17.2.